The van der Waals surface area contributed by atoms with Crippen molar-refractivity contribution in [2.45, 2.75) is 31.4 Å². The lowest BCUT2D eigenvalue weighted by molar-refractivity contribution is 0.0453. The number of likely N-dealkylation sites (tertiary alicyclic amines) is 1. The number of urea groups is 1. The summed E-state index contributed by atoms with van der Waals surface area (Å²) in [6, 6.07) is 7.83. The highest BCUT2D eigenvalue weighted by molar-refractivity contribution is 5.74. The molecule has 4 rings (SSSR count). The number of nitrogens with zero attached hydrogens (tertiary/aromatic N) is 3. The number of hydrogen-bond acceptors (Lipinski definition) is 4. The zero-order chi connectivity index (χ0) is 18.7. The van der Waals surface area contributed by atoms with Crippen LogP contribution in [0.4, 0.5) is 9.59 Å². The van der Waals surface area contributed by atoms with Gasteiger partial charge in [-0.3, -0.25) is 0 Å². The molecule has 2 saturated heterocycles. The van der Waals surface area contributed by atoms with Gasteiger partial charge in [0.1, 0.15) is 5.60 Å². The fourth-order valence-corrected chi connectivity index (χ4v) is 3.75. The van der Waals surface area contributed by atoms with E-state index in [1.54, 1.807) is 17.4 Å². The molecule has 1 spiro atoms. The van der Waals surface area contributed by atoms with Crippen molar-refractivity contribution in [3.8, 4) is 5.69 Å². The van der Waals surface area contributed by atoms with Gasteiger partial charge in [0, 0.05) is 38.4 Å². The largest absolute Gasteiger partial charge is 0.441 e. The van der Waals surface area contributed by atoms with Gasteiger partial charge in [-0.2, -0.15) is 0 Å². The summed E-state index contributed by atoms with van der Waals surface area (Å²) in [4.78, 5) is 30.0. The van der Waals surface area contributed by atoms with Gasteiger partial charge in [-0.25, -0.2) is 14.6 Å². The summed E-state index contributed by atoms with van der Waals surface area (Å²) in [6.45, 7) is 2.20. The van der Waals surface area contributed by atoms with Crippen LogP contribution in [0.15, 0.2) is 43.0 Å². The second kappa shape index (κ2) is 7.30. The number of benzene rings is 1. The third-order valence-electron chi connectivity index (χ3n) is 5.25. The molecular weight excluding hydrogens is 346 g/mol. The highest BCUT2D eigenvalue weighted by Gasteiger charge is 2.41. The average Bonchev–Trinajstić information content (AvgIpc) is 3.28. The van der Waals surface area contributed by atoms with E-state index in [1.165, 1.54) is 0 Å². The Morgan fingerprint density at radius 1 is 1.30 bits per heavy atom. The number of alkyl carbamates (subject to hydrolysis) is 1. The summed E-state index contributed by atoms with van der Waals surface area (Å²) in [5.41, 5.74) is 1.55. The van der Waals surface area contributed by atoms with Crippen LogP contribution in [0, 0.1) is 0 Å². The van der Waals surface area contributed by atoms with Gasteiger partial charge in [-0.15, -0.1) is 0 Å². The quantitative estimate of drug-likeness (QED) is 0.867. The average molecular weight is 369 g/mol. The first-order chi connectivity index (χ1) is 13.2. The molecule has 8 nitrogen and oxygen atoms in total. The highest BCUT2D eigenvalue weighted by Crippen LogP contribution is 2.29. The molecule has 8 heteroatoms. The molecular formula is C19H23N5O3. The molecule has 1 atom stereocenters. The fraction of sp³-hybridized carbons (Fsp3) is 0.421. The topological polar surface area (TPSA) is 88.5 Å². The molecule has 3 heterocycles. The SMILES string of the molecule is O=C1NC[C@]2(CCCN(C(=O)NCc3ccccc3-n3ccnc3)CC2)O1. The van der Waals surface area contributed by atoms with Crippen molar-refractivity contribution in [2.24, 2.45) is 0 Å². The van der Waals surface area contributed by atoms with Crippen molar-refractivity contribution in [1.82, 2.24) is 25.1 Å². The zero-order valence-electron chi connectivity index (χ0n) is 15.1. The number of ether oxygens (including phenoxy) is 1. The molecule has 0 unspecified atom stereocenters. The van der Waals surface area contributed by atoms with Crippen LogP contribution in [0.3, 0.4) is 0 Å². The Morgan fingerprint density at radius 3 is 2.96 bits per heavy atom. The van der Waals surface area contributed by atoms with Crippen LogP contribution in [0.2, 0.25) is 0 Å². The number of aromatic nitrogens is 2. The minimum Gasteiger partial charge on any atom is -0.441 e. The van der Waals surface area contributed by atoms with Gasteiger partial charge in [-0.1, -0.05) is 18.2 Å². The Kier molecular flexibility index (Phi) is 4.70. The third-order valence-corrected chi connectivity index (χ3v) is 5.25. The summed E-state index contributed by atoms with van der Waals surface area (Å²) >= 11 is 0. The van der Waals surface area contributed by atoms with E-state index in [2.05, 4.69) is 15.6 Å². The lowest BCUT2D eigenvalue weighted by Crippen LogP contribution is -2.41. The van der Waals surface area contributed by atoms with Crippen molar-refractivity contribution >= 4 is 12.1 Å². The molecule has 2 fully saturated rings. The Hall–Kier alpha value is -3.03. The monoisotopic (exact) mass is 369 g/mol. The molecule has 142 valence electrons. The van der Waals surface area contributed by atoms with E-state index in [0.29, 0.717) is 32.6 Å². The van der Waals surface area contributed by atoms with Crippen molar-refractivity contribution in [3.63, 3.8) is 0 Å². The van der Waals surface area contributed by atoms with Crippen LogP contribution < -0.4 is 10.6 Å². The van der Waals surface area contributed by atoms with Gasteiger partial charge in [0.15, 0.2) is 0 Å². The third kappa shape index (κ3) is 3.74. The zero-order valence-corrected chi connectivity index (χ0v) is 15.1. The van der Waals surface area contributed by atoms with Crippen LogP contribution >= 0.6 is 0 Å². The van der Waals surface area contributed by atoms with Crippen molar-refractivity contribution in [1.29, 1.82) is 0 Å². The van der Waals surface area contributed by atoms with Gasteiger partial charge in [0.2, 0.25) is 0 Å². The van der Waals surface area contributed by atoms with Crippen LogP contribution in [-0.4, -0.2) is 51.8 Å². The summed E-state index contributed by atoms with van der Waals surface area (Å²) < 4.78 is 7.40. The van der Waals surface area contributed by atoms with E-state index in [9.17, 15) is 9.59 Å². The summed E-state index contributed by atoms with van der Waals surface area (Å²) in [7, 11) is 0. The number of rotatable bonds is 3. The van der Waals surface area contributed by atoms with Crippen LogP contribution in [0.1, 0.15) is 24.8 Å². The molecule has 1 aromatic heterocycles. The number of para-hydroxylation sites is 1. The predicted molar refractivity (Wildman–Crippen MR) is 98.4 cm³/mol. The van der Waals surface area contributed by atoms with E-state index < -0.39 is 5.60 Å². The summed E-state index contributed by atoms with van der Waals surface area (Å²) in [5.74, 6) is 0. The van der Waals surface area contributed by atoms with Gasteiger partial charge >= 0.3 is 12.1 Å². The first-order valence-electron chi connectivity index (χ1n) is 9.21. The van der Waals surface area contributed by atoms with E-state index in [0.717, 1.165) is 24.1 Å². The molecule has 2 aromatic rings. The van der Waals surface area contributed by atoms with E-state index >= 15 is 0 Å². The second-order valence-electron chi connectivity index (χ2n) is 7.02. The van der Waals surface area contributed by atoms with Crippen molar-refractivity contribution in [2.75, 3.05) is 19.6 Å². The Labute approximate surface area is 157 Å². The minimum atomic E-state index is -0.458. The smallest absolute Gasteiger partial charge is 0.407 e. The molecule has 2 N–H and O–H groups in total. The molecule has 2 aliphatic rings. The van der Waals surface area contributed by atoms with Gasteiger partial charge in [0.25, 0.3) is 0 Å². The lowest BCUT2D eigenvalue weighted by atomic mass is 9.95. The first kappa shape index (κ1) is 17.4. The molecule has 2 aliphatic heterocycles. The summed E-state index contributed by atoms with van der Waals surface area (Å²) in [6.07, 6.45) is 7.24. The summed E-state index contributed by atoms with van der Waals surface area (Å²) in [5, 5.41) is 5.75. The van der Waals surface area contributed by atoms with Crippen molar-refractivity contribution < 1.29 is 14.3 Å². The predicted octanol–water partition coefficient (Wildman–Crippen LogP) is 2.05. The molecule has 0 radical (unpaired) electrons. The normalized spacial score (nSPS) is 22.2. The number of nitrogens with one attached hydrogen (secondary N) is 2. The van der Waals surface area contributed by atoms with E-state index in [1.807, 2.05) is 35.0 Å². The maximum absolute atomic E-state index is 12.7. The Bertz CT molecular complexity index is 823. The first-order valence-corrected chi connectivity index (χ1v) is 9.21. The fourth-order valence-electron chi connectivity index (χ4n) is 3.75. The van der Waals surface area contributed by atoms with Gasteiger partial charge in [-0.05, 0) is 24.5 Å². The Morgan fingerprint density at radius 2 is 2.19 bits per heavy atom. The molecule has 0 bridgehead atoms. The highest BCUT2D eigenvalue weighted by atomic mass is 16.6. The molecule has 0 aliphatic carbocycles. The number of hydrogen-bond donors (Lipinski definition) is 2. The molecule has 0 saturated carbocycles. The number of amides is 3. The molecule has 1 aromatic carbocycles. The number of carbonyl (C=O) groups is 2. The second-order valence-corrected chi connectivity index (χ2v) is 7.02. The molecule has 3 amide bonds. The van der Waals surface area contributed by atoms with Gasteiger partial charge in [0.05, 0.1) is 18.6 Å². The van der Waals surface area contributed by atoms with Crippen LogP contribution in [0.5, 0.6) is 0 Å². The Balaban J connectivity index is 1.37. The van der Waals surface area contributed by atoms with E-state index in [4.69, 9.17) is 4.74 Å². The maximum atomic E-state index is 12.7. The molecule has 27 heavy (non-hydrogen) atoms. The number of carbonyl (C=O) groups excluding carboxylic acids is 2. The van der Waals surface area contributed by atoms with Crippen LogP contribution in [0.25, 0.3) is 5.69 Å². The van der Waals surface area contributed by atoms with Crippen molar-refractivity contribution in [3.05, 3.63) is 48.5 Å². The van der Waals surface area contributed by atoms with E-state index in [-0.39, 0.29) is 12.1 Å². The van der Waals surface area contributed by atoms with Crippen LogP contribution in [-0.2, 0) is 11.3 Å². The number of imidazole rings is 1. The minimum absolute atomic E-state index is 0.0928. The maximum Gasteiger partial charge on any atom is 0.407 e. The van der Waals surface area contributed by atoms with Gasteiger partial charge < -0.3 is 24.8 Å². The lowest BCUT2D eigenvalue weighted by Gasteiger charge is -2.25. The standard InChI is InChI=1S/C19H23N5O3/c25-17(23-9-3-6-19(7-10-23)13-22-18(26)27-19)21-12-15-4-1-2-5-16(15)24-11-8-20-14-24/h1-2,4-5,8,11,14H,3,6-7,9-10,12-13H2,(H,21,25)(H,22,26)/t19-/m1/s1.